The molecule has 7 nitrogen and oxygen atoms in total. The summed E-state index contributed by atoms with van der Waals surface area (Å²) in [5, 5.41) is 3.42. The fraction of sp³-hybridized carbons (Fsp3) is 0.476. The number of hydrogen-bond donors (Lipinski definition) is 1. The summed E-state index contributed by atoms with van der Waals surface area (Å²) in [5.41, 5.74) is 2.81. The number of hydrogen-bond acceptors (Lipinski definition) is 6. The molecule has 2 heterocycles. The number of likely N-dealkylation sites (N-methyl/N-ethyl adjacent to an activating group) is 2. The standard InChI is InChI=1S/C21H27N5O2/c1-12-6-8-16(9-7-12)28-17-10-15(11-17)23-21-22-13(2)18-19(24-21)25(4)14(3)20(27)26(18)5/h6-9,14-15,17H,10-11H2,1-5H3,(H,22,23,24)/t14-,15?,17?/m0/s1. The minimum atomic E-state index is -0.240. The first-order chi connectivity index (χ1) is 13.3. The second kappa shape index (κ2) is 6.96. The molecule has 0 spiro atoms. The Morgan fingerprint density at radius 1 is 1.11 bits per heavy atom. The summed E-state index contributed by atoms with van der Waals surface area (Å²) in [6, 6.07) is 8.20. The Morgan fingerprint density at radius 3 is 2.46 bits per heavy atom. The number of carbonyl (C=O) groups is 1. The highest BCUT2D eigenvalue weighted by Gasteiger charge is 2.36. The average Bonchev–Trinajstić information content (AvgIpc) is 2.64. The molecule has 1 aliphatic heterocycles. The molecule has 1 saturated carbocycles. The number of aromatic nitrogens is 2. The van der Waals surface area contributed by atoms with Crippen LogP contribution in [0.25, 0.3) is 0 Å². The lowest BCUT2D eigenvalue weighted by molar-refractivity contribution is -0.119. The summed E-state index contributed by atoms with van der Waals surface area (Å²) in [7, 11) is 3.69. The minimum absolute atomic E-state index is 0.0532. The highest BCUT2D eigenvalue weighted by atomic mass is 16.5. The Hall–Kier alpha value is -2.83. The first-order valence-electron chi connectivity index (χ1n) is 9.72. The van der Waals surface area contributed by atoms with Crippen LogP contribution in [0.2, 0.25) is 0 Å². The molecule has 2 aromatic rings. The van der Waals surface area contributed by atoms with E-state index < -0.39 is 0 Å². The lowest BCUT2D eigenvalue weighted by Crippen LogP contribution is -2.50. The number of nitrogens with one attached hydrogen (secondary N) is 1. The van der Waals surface area contributed by atoms with Crippen LogP contribution in [-0.4, -0.2) is 48.2 Å². The second-order valence-electron chi connectivity index (χ2n) is 7.85. The normalized spacial score (nSPS) is 23.9. The van der Waals surface area contributed by atoms with Gasteiger partial charge in [-0.3, -0.25) is 4.79 Å². The van der Waals surface area contributed by atoms with Gasteiger partial charge in [-0.25, -0.2) is 4.98 Å². The molecule has 1 fully saturated rings. The smallest absolute Gasteiger partial charge is 0.249 e. The number of benzene rings is 1. The van der Waals surface area contributed by atoms with E-state index in [0.29, 0.717) is 12.0 Å². The zero-order valence-electron chi connectivity index (χ0n) is 17.1. The van der Waals surface area contributed by atoms with Crippen molar-refractivity contribution in [3.63, 3.8) is 0 Å². The van der Waals surface area contributed by atoms with Crippen molar-refractivity contribution in [1.82, 2.24) is 9.97 Å². The van der Waals surface area contributed by atoms with Crippen molar-refractivity contribution in [3.8, 4) is 5.75 Å². The van der Waals surface area contributed by atoms with Gasteiger partial charge in [0, 0.05) is 33.0 Å². The molecule has 1 amide bonds. The van der Waals surface area contributed by atoms with Gasteiger partial charge in [-0.2, -0.15) is 4.98 Å². The van der Waals surface area contributed by atoms with Gasteiger partial charge in [0.25, 0.3) is 0 Å². The number of aryl methyl sites for hydroxylation is 2. The van der Waals surface area contributed by atoms with E-state index in [1.54, 1.807) is 11.9 Å². The van der Waals surface area contributed by atoms with Gasteiger partial charge in [-0.05, 0) is 32.9 Å². The van der Waals surface area contributed by atoms with Gasteiger partial charge < -0.3 is 19.9 Å². The van der Waals surface area contributed by atoms with Crippen LogP contribution in [0.3, 0.4) is 0 Å². The van der Waals surface area contributed by atoms with Gasteiger partial charge >= 0.3 is 0 Å². The minimum Gasteiger partial charge on any atom is -0.490 e. The van der Waals surface area contributed by atoms with Gasteiger partial charge in [-0.15, -0.1) is 0 Å². The highest BCUT2D eigenvalue weighted by molar-refractivity contribution is 6.04. The van der Waals surface area contributed by atoms with E-state index in [-0.39, 0.29) is 18.1 Å². The van der Waals surface area contributed by atoms with Crippen molar-refractivity contribution < 1.29 is 9.53 Å². The lowest BCUT2D eigenvalue weighted by Gasteiger charge is -2.38. The highest BCUT2D eigenvalue weighted by Crippen LogP contribution is 2.36. The van der Waals surface area contributed by atoms with E-state index in [4.69, 9.17) is 9.72 Å². The molecular formula is C21H27N5O2. The van der Waals surface area contributed by atoms with Crippen molar-refractivity contribution >= 4 is 23.4 Å². The van der Waals surface area contributed by atoms with E-state index in [9.17, 15) is 4.79 Å². The van der Waals surface area contributed by atoms with Gasteiger partial charge in [0.2, 0.25) is 11.9 Å². The fourth-order valence-corrected chi connectivity index (χ4v) is 3.77. The number of amides is 1. The van der Waals surface area contributed by atoms with Gasteiger partial charge in [0.15, 0.2) is 5.82 Å². The average molecular weight is 381 g/mol. The SMILES string of the molecule is Cc1ccc(OC2CC(Nc3nc(C)c4c(n3)N(C)[C@@H](C)C(=O)N4C)C2)cc1. The summed E-state index contributed by atoms with van der Waals surface area (Å²) in [5.74, 6) is 2.36. The molecule has 1 aromatic carbocycles. The zero-order chi connectivity index (χ0) is 20.0. The monoisotopic (exact) mass is 381 g/mol. The van der Waals surface area contributed by atoms with Crippen LogP contribution in [0.5, 0.6) is 5.75 Å². The van der Waals surface area contributed by atoms with E-state index in [0.717, 1.165) is 35.8 Å². The van der Waals surface area contributed by atoms with Crippen LogP contribution in [0.4, 0.5) is 17.5 Å². The van der Waals surface area contributed by atoms with E-state index in [2.05, 4.69) is 29.4 Å². The fourth-order valence-electron chi connectivity index (χ4n) is 3.77. The number of nitrogens with zero attached hydrogens (tertiary/aromatic N) is 4. The summed E-state index contributed by atoms with van der Waals surface area (Å²) in [6.45, 7) is 5.88. The Balaban J connectivity index is 1.42. The van der Waals surface area contributed by atoms with Crippen molar-refractivity contribution in [2.45, 2.75) is 51.8 Å². The topological polar surface area (TPSA) is 70.6 Å². The van der Waals surface area contributed by atoms with Crippen LogP contribution in [-0.2, 0) is 4.79 Å². The molecule has 0 radical (unpaired) electrons. The largest absolute Gasteiger partial charge is 0.490 e. The third kappa shape index (κ3) is 3.25. The van der Waals surface area contributed by atoms with Crippen LogP contribution in [0, 0.1) is 13.8 Å². The van der Waals surface area contributed by atoms with Crippen LogP contribution >= 0.6 is 0 Å². The maximum atomic E-state index is 12.4. The lowest BCUT2D eigenvalue weighted by atomic mass is 9.89. The number of anilines is 3. The number of rotatable bonds is 4. The van der Waals surface area contributed by atoms with Crippen LogP contribution in [0.1, 0.15) is 31.0 Å². The molecule has 2 aliphatic rings. The number of carbonyl (C=O) groups excluding carboxylic acids is 1. The predicted molar refractivity (Wildman–Crippen MR) is 110 cm³/mol. The predicted octanol–water partition coefficient (Wildman–Crippen LogP) is 2.92. The van der Waals surface area contributed by atoms with Gasteiger partial charge in [0.1, 0.15) is 23.6 Å². The van der Waals surface area contributed by atoms with Crippen LogP contribution in [0.15, 0.2) is 24.3 Å². The van der Waals surface area contributed by atoms with Crippen molar-refractivity contribution in [2.75, 3.05) is 29.2 Å². The molecule has 0 bridgehead atoms. The Kier molecular flexibility index (Phi) is 4.61. The summed E-state index contributed by atoms with van der Waals surface area (Å²) in [6.07, 6.45) is 2.04. The quantitative estimate of drug-likeness (QED) is 0.878. The van der Waals surface area contributed by atoms with Crippen molar-refractivity contribution in [1.29, 1.82) is 0 Å². The molecule has 0 unspecified atom stereocenters. The van der Waals surface area contributed by atoms with Crippen molar-refractivity contribution in [2.24, 2.45) is 0 Å². The molecule has 4 rings (SSSR count). The summed E-state index contributed by atoms with van der Waals surface area (Å²) in [4.78, 5) is 25.2. The third-order valence-corrected chi connectivity index (χ3v) is 5.73. The molecule has 28 heavy (non-hydrogen) atoms. The molecule has 148 valence electrons. The first-order valence-corrected chi connectivity index (χ1v) is 9.72. The molecule has 1 aromatic heterocycles. The molecule has 1 aliphatic carbocycles. The van der Waals surface area contributed by atoms with E-state index in [1.165, 1.54) is 5.56 Å². The van der Waals surface area contributed by atoms with E-state index >= 15 is 0 Å². The molecular weight excluding hydrogens is 354 g/mol. The maximum Gasteiger partial charge on any atom is 0.249 e. The molecule has 0 saturated heterocycles. The zero-order valence-corrected chi connectivity index (χ0v) is 17.1. The summed E-state index contributed by atoms with van der Waals surface area (Å²) >= 11 is 0. The van der Waals surface area contributed by atoms with Crippen LogP contribution < -0.4 is 19.9 Å². The van der Waals surface area contributed by atoms with Gasteiger partial charge in [0.05, 0.1) is 5.69 Å². The molecule has 7 heteroatoms. The first kappa shape index (κ1) is 18.5. The molecule has 1 atom stereocenters. The Bertz CT molecular complexity index is 892. The maximum absolute atomic E-state index is 12.4. The van der Waals surface area contributed by atoms with Crippen molar-refractivity contribution in [3.05, 3.63) is 35.5 Å². The van der Waals surface area contributed by atoms with E-state index in [1.807, 2.05) is 37.9 Å². The second-order valence-corrected chi connectivity index (χ2v) is 7.85. The molecule has 1 N–H and O–H groups in total. The number of fused-ring (bicyclic) bond motifs is 1. The summed E-state index contributed by atoms with van der Waals surface area (Å²) < 4.78 is 6.01. The number of ether oxygens (including phenoxy) is 1. The Labute approximate surface area is 165 Å². The Morgan fingerprint density at radius 2 is 1.79 bits per heavy atom. The van der Waals surface area contributed by atoms with Gasteiger partial charge in [-0.1, -0.05) is 17.7 Å². The third-order valence-electron chi connectivity index (χ3n) is 5.73.